The molecule has 0 radical (unpaired) electrons. The van der Waals surface area contributed by atoms with Crippen LogP contribution in [-0.2, 0) is 14.8 Å². The van der Waals surface area contributed by atoms with Gasteiger partial charge in [-0.1, -0.05) is 25.1 Å². The number of sulfonamides is 1. The molecule has 1 aromatic carbocycles. The Hall–Kier alpha value is -1.99. The minimum atomic E-state index is -3.64. The number of likely N-dealkylation sites (tertiary alicyclic amines) is 1. The molecule has 0 unspecified atom stereocenters. The highest BCUT2D eigenvalue weighted by Crippen LogP contribution is 2.18. The number of amides is 1. The molecule has 2 aromatic rings. The first-order valence-electron chi connectivity index (χ1n) is 7.64. The summed E-state index contributed by atoms with van der Waals surface area (Å²) in [5.41, 5.74) is 0.757. The Balaban J connectivity index is 1.77. The molecular weight excluding hydrogens is 314 g/mol. The summed E-state index contributed by atoms with van der Waals surface area (Å²) in [4.78, 5) is 17.7. The fourth-order valence-corrected chi connectivity index (χ4v) is 4.03. The lowest BCUT2D eigenvalue weighted by Gasteiger charge is -2.16. The Morgan fingerprint density at radius 2 is 2.17 bits per heavy atom. The normalized spacial score (nSPS) is 18.5. The Morgan fingerprint density at radius 3 is 2.96 bits per heavy atom. The molecule has 0 spiro atoms. The molecule has 122 valence electrons. The van der Waals surface area contributed by atoms with Crippen molar-refractivity contribution in [1.29, 1.82) is 0 Å². The summed E-state index contributed by atoms with van der Waals surface area (Å²) in [6.07, 6.45) is 2.44. The van der Waals surface area contributed by atoms with Crippen molar-refractivity contribution in [2.75, 3.05) is 13.1 Å². The number of nitrogens with one attached hydrogen (secondary N) is 1. The number of benzene rings is 1. The largest absolute Gasteiger partial charge is 0.341 e. The predicted molar refractivity (Wildman–Crippen MR) is 87.3 cm³/mol. The van der Waals surface area contributed by atoms with Crippen LogP contribution < -0.4 is 4.72 Å². The van der Waals surface area contributed by atoms with Gasteiger partial charge in [-0.25, -0.2) is 13.1 Å². The van der Waals surface area contributed by atoms with Gasteiger partial charge in [-0.3, -0.25) is 9.78 Å². The molecule has 0 saturated carbocycles. The van der Waals surface area contributed by atoms with Gasteiger partial charge in [0.1, 0.15) is 4.90 Å². The first kappa shape index (κ1) is 15.9. The number of hydrogen-bond acceptors (Lipinski definition) is 4. The van der Waals surface area contributed by atoms with E-state index in [2.05, 4.69) is 9.71 Å². The van der Waals surface area contributed by atoms with Gasteiger partial charge < -0.3 is 4.90 Å². The zero-order valence-electron chi connectivity index (χ0n) is 12.9. The van der Waals surface area contributed by atoms with E-state index < -0.39 is 10.0 Å². The Bertz CT molecular complexity index is 835. The first-order chi connectivity index (χ1) is 11.0. The topological polar surface area (TPSA) is 79.4 Å². The summed E-state index contributed by atoms with van der Waals surface area (Å²) < 4.78 is 27.7. The van der Waals surface area contributed by atoms with Crippen LogP contribution in [0.4, 0.5) is 0 Å². The van der Waals surface area contributed by atoms with E-state index in [-0.39, 0.29) is 16.8 Å². The average Bonchev–Trinajstić information content (AvgIpc) is 3.01. The van der Waals surface area contributed by atoms with Crippen molar-refractivity contribution in [1.82, 2.24) is 14.6 Å². The van der Waals surface area contributed by atoms with Crippen LogP contribution in [-0.4, -0.2) is 43.3 Å². The molecule has 3 rings (SSSR count). The summed E-state index contributed by atoms with van der Waals surface area (Å²) in [6.45, 7) is 2.82. The van der Waals surface area contributed by atoms with Gasteiger partial charge in [0.25, 0.3) is 0 Å². The highest BCUT2D eigenvalue weighted by molar-refractivity contribution is 7.89. The number of fused-ring (bicyclic) bond motifs is 1. The first-order valence-corrected chi connectivity index (χ1v) is 9.13. The van der Waals surface area contributed by atoms with Crippen LogP contribution in [0.1, 0.15) is 19.8 Å². The second-order valence-corrected chi connectivity index (χ2v) is 7.38. The zero-order chi connectivity index (χ0) is 16.4. The van der Waals surface area contributed by atoms with Crippen LogP contribution in [0.5, 0.6) is 0 Å². The van der Waals surface area contributed by atoms with Gasteiger partial charge in [0.15, 0.2) is 0 Å². The SMILES string of the molecule is CCC(=O)N1CC[C@H](NS(=O)(=O)c2cnc3ccccc3c2)C1. The zero-order valence-corrected chi connectivity index (χ0v) is 13.7. The number of nitrogens with zero attached hydrogens (tertiary/aromatic N) is 2. The summed E-state index contributed by atoms with van der Waals surface area (Å²) in [6, 6.07) is 8.75. The van der Waals surface area contributed by atoms with E-state index in [4.69, 9.17) is 0 Å². The molecule has 1 fully saturated rings. The predicted octanol–water partition coefficient (Wildman–Crippen LogP) is 1.52. The summed E-state index contributed by atoms with van der Waals surface area (Å²) in [5, 5.41) is 0.782. The smallest absolute Gasteiger partial charge is 0.242 e. The summed E-state index contributed by atoms with van der Waals surface area (Å²) >= 11 is 0. The van der Waals surface area contributed by atoms with Gasteiger partial charge in [0, 0.05) is 37.1 Å². The lowest BCUT2D eigenvalue weighted by Crippen LogP contribution is -2.38. The molecule has 1 saturated heterocycles. The standard InChI is InChI=1S/C16H19N3O3S/c1-2-16(20)19-8-7-13(11-19)18-23(21,22)14-9-12-5-3-4-6-15(12)17-10-14/h3-6,9-10,13,18H,2,7-8,11H2,1H3/t13-/m0/s1. The third kappa shape index (κ3) is 3.35. The molecule has 0 bridgehead atoms. The van der Waals surface area contributed by atoms with E-state index in [1.54, 1.807) is 17.9 Å². The van der Waals surface area contributed by atoms with Crippen LogP contribution in [0, 0.1) is 0 Å². The molecule has 6 nitrogen and oxygen atoms in total. The van der Waals surface area contributed by atoms with Crippen LogP contribution in [0.15, 0.2) is 41.4 Å². The second-order valence-electron chi connectivity index (χ2n) is 5.66. The van der Waals surface area contributed by atoms with Gasteiger partial charge in [0.2, 0.25) is 15.9 Å². The average molecular weight is 333 g/mol. The van der Waals surface area contributed by atoms with E-state index in [0.717, 1.165) is 10.9 Å². The number of rotatable bonds is 4. The monoisotopic (exact) mass is 333 g/mol. The minimum absolute atomic E-state index is 0.0547. The Kier molecular flexibility index (Phi) is 4.32. The number of carbonyl (C=O) groups is 1. The maximum absolute atomic E-state index is 12.5. The maximum Gasteiger partial charge on any atom is 0.242 e. The molecule has 23 heavy (non-hydrogen) atoms. The number of para-hydroxylation sites is 1. The van der Waals surface area contributed by atoms with Gasteiger partial charge in [-0.2, -0.15) is 0 Å². The number of hydrogen-bond donors (Lipinski definition) is 1. The molecule has 7 heteroatoms. The quantitative estimate of drug-likeness (QED) is 0.920. The van der Waals surface area contributed by atoms with Gasteiger partial charge in [-0.05, 0) is 18.6 Å². The van der Waals surface area contributed by atoms with Crippen LogP contribution in [0.3, 0.4) is 0 Å². The molecule has 1 aliphatic heterocycles. The van der Waals surface area contributed by atoms with Crippen molar-refractivity contribution in [3.8, 4) is 0 Å². The van der Waals surface area contributed by atoms with Crippen LogP contribution >= 0.6 is 0 Å². The van der Waals surface area contributed by atoms with Crippen molar-refractivity contribution in [3.05, 3.63) is 36.5 Å². The van der Waals surface area contributed by atoms with E-state index in [1.807, 2.05) is 24.3 Å². The lowest BCUT2D eigenvalue weighted by molar-refractivity contribution is -0.129. The third-order valence-corrected chi connectivity index (χ3v) is 5.53. The van der Waals surface area contributed by atoms with Crippen LogP contribution in [0.2, 0.25) is 0 Å². The minimum Gasteiger partial charge on any atom is -0.341 e. The van der Waals surface area contributed by atoms with E-state index in [1.165, 1.54) is 6.20 Å². The fraction of sp³-hybridized carbons (Fsp3) is 0.375. The van der Waals surface area contributed by atoms with E-state index in [0.29, 0.717) is 25.9 Å². The van der Waals surface area contributed by atoms with Crippen molar-refractivity contribution in [2.45, 2.75) is 30.7 Å². The molecule has 0 aliphatic carbocycles. The molecule has 1 atom stereocenters. The van der Waals surface area contributed by atoms with Crippen LogP contribution in [0.25, 0.3) is 10.9 Å². The Labute approximate surface area is 135 Å². The van der Waals surface area contributed by atoms with E-state index >= 15 is 0 Å². The number of carbonyl (C=O) groups excluding carboxylic acids is 1. The number of pyridine rings is 1. The van der Waals surface area contributed by atoms with Crippen molar-refractivity contribution < 1.29 is 13.2 Å². The molecule has 1 N–H and O–H groups in total. The van der Waals surface area contributed by atoms with E-state index in [9.17, 15) is 13.2 Å². The molecule has 1 aliphatic rings. The fourth-order valence-electron chi connectivity index (χ4n) is 2.79. The maximum atomic E-state index is 12.5. The molecule has 2 heterocycles. The Morgan fingerprint density at radius 1 is 1.39 bits per heavy atom. The van der Waals surface area contributed by atoms with Gasteiger partial charge >= 0.3 is 0 Å². The van der Waals surface area contributed by atoms with Gasteiger partial charge in [0.05, 0.1) is 5.52 Å². The highest BCUT2D eigenvalue weighted by Gasteiger charge is 2.29. The second kappa shape index (κ2) is 6.25. The van der Waals surface area contributed by atoms with Crippen molar-refractivity contribution in [3.63, 3.8) is 0 Å². The molecule has 1 amide bonds. The van der Waals surface area contributed by atoms with Crippen molar-refractivity contribution in [2.24, 2.45) is 0 Å². The number of aromatic nitrogens is 1. The summed E-state index contributed by atoms with van der Waals surface area (Å²) in [7, 11) is -3.64. The molecular formula is C16H19N3O3S. The highest BCUT2D eigenvalue weighted by atomic mass is 32.2. The van der Waals surface area contributed by atoms with Gasteiger partial charge in [-0.15, -0.1) is 0 Å². The van der Waals surface area contributed by atoms with Crippen molar-refractivity contribution >= 4 is 26.8 Å². The lowest BCUT2D eigenvalue weighted by atomic mass is 10.2. The molecule has 1 aromatic heterocycles. The third-order valence-electron chi connectivity index (χ3n) is 4.04. The summed E-state index contributed by atoms with van der Waals surface area (Å²) in [5.74, 6) is 0.0547.